The first-order valence-electron chi connectivity index (χ1n) is 7.98. The Morgan fingerprint density at radius 1 is 1.29 bits per heavy atom. The van der Waals surface area contributed by atoms with E-state index in [0.717, 1.165) is 4.90 Å². The second-order valence-electron chi connectivity index (χ2n) is 5.53. The van der Waals surface area contributed by atoms with Crippen LogP contribution < -0.4 is 10.1 Å². The van der Waals surface area contributed by atoms with Crippen LogP contribution in [0.3, 0.4) is 0 Å². The van der Waals surface area contributed by atoms with Crippen LogP contribution in [0.2, 0.25) is 5.02 Å². The van der Waals surface area contributed by atoms with Crippen LogP contribution in [0.5, 0.6) is 5.75 Å². The van der Waals surface area contributed by atoms with Crippen molar-refractivity contribution in [2.75, 3.05) is 5.32 Å². The number of halogens is 3. The fraction of sp³-hybridized carbons (Fsp3) is 0.167. The van der Waals surface area contributed by atoms with Crippen molar-refractivity contribution in [1.29, 1.82) is 0 Å². The minimum absolute atomic E-state index is 0.0267. The number of thioether (sulfide) groups is 1. The van der Waals surface area contributed by atoms with Crippen LogP contribution in [-0.4, -0.2) is 22.7 Å². The molecule has 146 valence electrons. The maximum atomic E-state index is 12.3. The number of amides is 1. The van der Waals surface area contributed by atoms with Gasteiger partial charge in [-0.2, -0.15) is 13.8 Å². The molecular weight excluding hydrogens is 412 g/mol. The van der Waals surface area contributed by atoms with Gasteiger partial charge in [-0.1, -0.05) is 16.8 Å². The summed E-state index contributed by atoms with van der Waals surface area (Å²) in [5.41, 5.74) is 0.795. The van der Waals surface area contributed by atoms with Crippen LogP contribution in [0, 0.1) is 6.92 Å². The highest BCUT2D eigenvalue weighted by Crippen LogP contribution is 2.29. The monoisotopic (exact) mass is 425 g/mol. The molecule has 28 heavy (non-hydrogen) atoms. The van der Waals surface area contributed by atoms with E-state index in [-0.39, 0.29) is 16.7 Å². The highest BCUT2D eigenvalue weighted by Gasteiger charge is 2.12. The van der Waals surface area contributed by atoms with E-state index < -0.39 is 6.61 Å². The Morgan fingerprint density at radius 3 is 2.64 bits per heavy atom. The Bertz CT molecular complexity index is 967. The molecule has 6 nitrogen and oxygen atoms in total. The van der Waals surface area contributed by atoms with Gasteiger partial charge in [-0.25, -0.2) is 0 Å². The van der Waals surface area contributed by atoms with E-state index >= 15 is 0 Å². The first-order valence-corrected chi connectivity index (χ1v) is 9.35. The van der Waals surface area contributed by atoms with Crippen molar-refractivity contribution in [2.45, 2.75) is 24.2 Å². The van der Waals surface area contributed by atoms with E-state index in [2.05, 4.69) is 20.2 Å². The van der Waals surface area contributed by atoms with Gasteiger partial charge < -0.3 is 14.6 Å². The SMILES string of the molecule is Cc1noc(CSc2ccc(C(=O)Nc3ccc(OC(F)F)c(Cl)c3)cc2)n1. The highest BCUT2D eigenvalue weighted by molar-refractivity contribution is 7.98. The van der Waals surface area contributed by atoms with E-state index in [4.69, 9.17) is 16.1 Å². The molecule has 2 aromatic carbocycles. The van der Waals surface area contributed by atoms with Gasteiger partial charge in [0.05, 0.1) is 10.8 Å². The lowest BCUT2D eigenvalue weighted by Crippen LogP contribution is -2.12. The quantitative estimate of drug-likeness (QED) is 0.526. The first kappa shape index (κ1) is 20.1. The fourth-order valence-electron chi connectivity index (χ4n) is 2.22. The second kappa shape index (κ2) is 9.03. The predicted octanol–water partition coefficient (Wildman–Crippen LogP) is 5.18. The maximum absolute atomic E-state index is 12.3. The molecule has 1 N–H and O–H groups in total. The van der Waals surface area contributed by atoms with Crippen molar-refractivity contribution < 1.29 is 22.8 Å². The number of hydrogen-bond donors (Lipinski definition) is 1. The van der Waals surface area contributed by atoms with Gasteiger partial charge in [-0.3, -0.25) is 4.79 Å². The summed E-state index contributed by atoms with van der Waals surface area (Å²) in [6, 6.07) is 11.0. The Labute approximate surface area is 168 Å². The van der Waals surface area contributed by atoms with E-state index in [1.165, 1.54) is 30.0 Å². The third kappa shape index (κ3) is 5.43. The summed E-state index contributed by atoms with van der Waals surface area (Å²) < 4.78 is 33.8. The van der Waals surface area contributed by atoms with Crippen LogP contribution in [0.15, 0.2) is 51.9 Å². The highest BCUT2D eigenvalue weighted by atomic mass is 35.5. The number of ether oxygens (including phenoxy) is 1. The summed E-state index contributed by atoms with van der Waals surface area (Å²) in [4.78, 5) is 17.4. The Balaban J connectivity index is 1.59. The minimum atomic E-state index is -2.97. The van der Waals surface area contributed by atoms with E-state index in [9.17, 15) is 13.6 Å². The van der Waals surface area contributed by atoms with Gasteiger partial charge in [0.2, 0.25) is 5.89 Å². The van der Waals surface area contributed by atoms with Crippen LogP contribution in [0.25, 0.3) is 0 Å². The molecule has 0 radical (unpaired) electrons. The predicted molar refractivity (Wildman–Crippen MR) is 101 cm³/mol. The molecule has 1 amide bonds. The molecule has 0 unspecified atom stereocenters. The lowest BCUT2D eigenvalue weighted by Gasteiger charge is -2.10. The van der Waals surface area contributed by atoms with Gasteiger partial charge in [0.1, 0.15) is 5.75 Å². The normalized spacial score (nSPS) is 10.9. The number of carbonyl (C=O) groups excluding carboxylic acids is 1. The molecule has 10 heteroatoms. The zero-order valence-corrected chi connectivity index (χ0v) is 16.1. The Hall–Kier alpha value is -2.65. The number of anilines is 1. The number of alkyl halides is 2. The summed E-state index contributed by atoms with van der Waals surface area (Å²) in [5.74, 6) is 1.12. The van der Waals surface area contributed by atoms with Gasteiger partial charge in [0, 0.05) is 16.1 Å². The second-order valence-corrected chi connectivity index (χ2v) is 6.98. The van der Waals surface area contributed by atoms with E-state index in [1.807, 2.05) is 0 Å². The summed E-state index contributed by atoms with van der Waals surface area (Å²) in [7, 11) is 0. The molecule has 0 bridgehead atoms. The van der Waals surface area contributed by atoms with Crippen molar-refractivity contribution in [3.8, 4) is 5.75 Å². The average molecular weight is 426 g/mol. The van der Waals surface area contributed by atoms with Crippen LogP contribution in [0.4, 0.5) is 14.5 Å². The van der Waals surface area contributed by atoms with Gasteiger partial charge in [-0.05, 0) is 49.4 Å². The molecule has 0 aliphatic heterocycles. The Morgan fingerprint density at radius 2 is 2.04 bits per heavy atom. The molecule has 0 atom stereocenters. The number of aryl methyl sites for hydroxylation is 1. The molecule has 3 rings (SSSR count). The van der Waals surface area contributed by atoms with Gasteiger partial charge in [0.25, 0.3) is 5.91 Å². The Kier molecular flexibility index (Phi) is 6.48. The number of aromatic nitrogens is 2. The van der Waals surface area contributed by atoms with Crippen molar-refractivity contribution in [3.63, 3.8) is 0 Å². The van der Waals surface area contributed by atoms with Crippen molar-refractivity contribution in [2.24, 2.45) is 0 Å². The molecule has 1 aromatic heterocycles. The van der Waals surface area contributed by atoms with Crippen molar-refractivity contribution in [1.82, 2.24) is 10.1 Å². The van der Waals surface area contributed by atoms with Crippen LogP contribution in [0.1, 0.15) is 22.1 Å². The summed E-state index contributed by atoms with van der Waals surface area (Å²) in [6.45, 7) is -1.23. The number of hydrogen-bond acceptors (Lipinski definition) is 6. The van der Waals surface area contributed by atoms with Crippen LogP contribution in [-0.2, 0) is 5.75 Å². The van der Waals surface area contributed by atoms with Crippen molar-refractivity contribution >= 4 is 35.0 Å². The van der Waals surface area contributed by atoms with Gasteiger partial charge in [-0.15, -0.1) is 11.8 Å². The molecule has 0 aliphatic rings. The van der Waals surface area contributed by atoms with E-state index in [1.54, 1.807) is 31.2 Å². The van der Waals surface area contributed by atoms with Crippen LogP contribution >= 0.6 is 23.4 Å². The largest absolute Gasteiger partial charge is 0.433 e. The third-order valence-electron chi connectivity index (χ3n) is 3.45. The summed E-state index contributed by atoms with van der Waals surface area (Å²) in [5, 5.41) is 6.35. The number of nitrogens with one attached hydrogen (secondary N) is 1. The minimum Gasteiger partial charge on any atom is -0.433 e. The van der Waals surface area contributed by atoms with Crippen molar-refractivity contribution in [3.05, 3.63) is 64.8 Å². The zero-order valence-electron chi connectivity index (χ0n) is 14.5. The standard InChI is InChI=1S/C18H14ClF2N3O3S/c1-10-22-16(27-24-10)9-28-13-5-2-11(3-6-13)17(25)23-12-4-7-15(14(19)8-12)26-18(20)21/h2-8,18H,9H2,1H3,(H,23,25). The molecule has 0 saturated heterocycles. The van der Waals surface area contributed by atoms with Gasteiger partial charge >= 0.3 is 6.61 Å². The molecule has 0 fully saturated rings. The summed E-state index contributed by atoms with van der Waals surface area (Å²) >= 11 is 7.38. The zero-order chi connectivity index (χ0) is 20.1. The summed E-state index contributed by atoms with van der Waals surface area (Å²) in [6.07, 6.45) is 0. The maximum Gasteiger partial charge on any atom is 0.387 e. The number of benzene rings is 2. The van der Waals surface area contributed by atoms with Gasteiger partial charge in [0.15, 0.2) is 5.82 Å². The molecule has 3 aromatic rings. The lowest BCUT2D eigenvalue weighted by atomic mass is 10.2. The fourth-order valence-corrected chi connectivity index (χ4v) is 3.18. The molecule has 0 saturated carbocycles. The van der Waals surface area contributed by atoms with E-state index in [0.29, 0.717) is 28.7 Å². The topological polar surface area (TPSA) is 77.2 Å². The number of rotatable bonds is 7. The molecule has 0 aliphatic carbocycles. The molecule has 0 spiro atoms. The first-order chi connectivity index (χ1) is 13.4. The number of nitrogens with zero attached hydrogens (tertiary/aromatic N) is 2. The third-order valence-corrected chi connectivity index (χ3v) is 4.75. The lowest BCUT2D eigenvalue weighted by molar-refractivity contribution is -0.0497. The number of carbonyl (C=O) groups is 1. The molecule has 1 heterocycles. The average Bonchev–Trinajstić information content (AvgIpc) is 3.08. The molecular formula is C18H14ClF2N3O3S. The smallest absolute Gasteiger partial charge is 0.387 e.